The van der Waals surface area contributed by atoms with Gasteiger partial charge in [-0.3, -0.25) is 10.1 Å². The van der Waals surface area contributed by atoms with Gasteiger partial charge in [0.25, 0.3) is 0 Å². The van der Waals surface area contributed by atoms with E-state index >= 15 is 0 Å². The van der Waals surface area contributed by atoms with Crippen molar-refractivity contribution >= 4 is 56.5 Å². The van der Waals surface area contributed by atoms with Crippen LogP contribution >= 0.6 is 12.2 Å². The molecule has 0 bridgehead atoms. The monoisotopic (exact) mass is 382 g/mol. The molecule has 0 unspecified atom stereocenters. The summed E-state index contributed by atoms with van der Waals surface area (Å²) >= 11 is 5.31. The predicted octanol–water partition coefficient (Wildman–Crippen LogP) is 5.52. The Hall–Kier alpha value is -3.50. The fourth-order valence-electron chi connectivity index (χ4n) is 3.20. The molecule has 0 fully saturated rings. The minimum atomic E-state index is -0.273. The van der Waals surface area contributed by atoms with Gasteiger partial charge in [0.2, 0.25) is 5.91 Å². The van der Waals surface area contributed by atoms with Crippen molar-refractivity contribution in [3.63, 3.8) is 0 Å². The molecule has 4 aromatic carbocycles. The molecule has 0 radical (unpaired) electrons. The molecule has 4 rings (SSSR count). The normalized spacial score (nSPS) is 11.0. The first-order valence-corrected chi connectivity index (χ1v) is 9.37. The largest absolute Gasteiger partial charge is 0.332 e. The van der Waals surface area contributed by atoms with Crippen LogP contribution in [0.15, 0.2) is 91.0 Å². The molecule has 28 heavy (non-hydrogen) atoms. The molecule has 1 amide bonds. The molecule has 0 aliphatic carbocycles. The Kier molecular flexibility index (Phi) is 5.13. The molecular formula is C24H18N2OS. The van der Waals surface area contributed by atoms with Crippen LogP contribution in [0.4, 0.5) is 5.69 Å². The van der Waals surface area contributed by atoms with Gasteiger partial charge < -0.3 is 5.32 Å². The van der Waals surface area contributed by atoms with Crippen LogP contribution in [0.25, 0.3) is 27.6 Å². The Morgan fingerprint density at radius 1 is 0.750 bits per heavy atom. The van der Waals surface area contributed by atoms with Gasteiger partial charge in [0.1, 0.15) is 0 Å². The molecule has 4 heteroatoms. The molecule has 0 atom stereocenters. The first-order chi connectivity index (χ1) is 13.7. The van der Waals surface area contributed by atoms with Gasteiger partial charge in [-0.2, -0.15) is 0 Å². The highest BCUT2D eigenvalue weighted by molar-refractivity contribution is 7.80. The van der Waals surface area contributed by atoms with Gasteiger partial charge in [-0.1, -0.05) is 78.9 Å². The van der Waals surface area contributed by atoms with Crippen molar-refractivity contribution in [2.45, 2.75) is 0 Å². The van der Waals surface area contributed by atoms with Gasteiger partial charge in [-0.15, -0.1) is 0 Å². The third-order valence-corrected chi connectivity index (χ3v) is 4.72. The molecule has 0 aliphatic heterocycles. The quantitative estimate of drug-likeness (QED) is 0.362. The maximum Gasteiger partial charge on any atom is 0.250 e. The zero-order valence-electron chi connectivity index (χ0n) is 15.1. The molecule has 0 saturated carbocycles. The van der Waals surface area contributed by atoms with E-state index in [1.807, 2.05) is 72.8 Å². The van der Waals surface area contributed by atoms with Crippen LogP contribution in [0.1, 0.15) is 5.56 Å². The fourth-order valence-corrected chi connectivity index (χ4v) is 3.41. The van der Waals surface area contributed by atoms with E-state index in [0.29, 0.717) is 0 Å². The van der Waals surface area contributed by atoms with Gasteiger partial charge in [0, 0.05) is 17.1 Å². The second kappa shape index (κ2) is 8.03. The molecule has 0 aliphatic rings. The molecule has 3 nitrogen and oxygen atoms in total. The third kappa shape index (κ3) is 3.92. The number of anilines is 1. The number of benzene rings is 4. The number of rotatable bonds is 3. The summed E-state index contributed by atoms with van der Waals surface area (Å²) in [5.41, 5.74) is 1.85. The third-order valence-electron chi connectivity index (χ3n) is 4.51. The summed E-state index contributed by atoms with van der Waals surface area (Å²) in [6.45, 7) is 0. The second-order valence-corrected chi connectivity index (χ2v) is 6.78. The molecule has 0 heterocycles. The number of carbonyl (C=O) groups excluding carboxylic acids is 1. The van der Waals surface area contributed by atoms with Crippen molar-refractivity contribution in [2.75, 3.05) is 5.32 Å². The summed E-state index contributed by atoms with van der Waals surface area (Å²) in [7, 11) is 0. The van der Waals surface area contributed by atoms with Crippen LogP contribution in [-0.2, 0) is 4.79 Å². The first kappa shape index (κ1) is 17.9. The lowest BCUT2D eigenvalue weighted by molar-refractivity contribution is -0.115. The standard InChI is InChI=1S/C24H18N2OS/c27-23(16-15-19-10-5-9-17-7-1-3-12-20(17)19)26-24(28)25-22-14-6-11-18-8-2-4-13-21(18)22/h1-16H,(H2,25,26,27,28)/b16-15+. The lowest BCUT2D eigenvalue weighted by Crippen LogP contribution is -2.32. The van der Waals surface area contributed by atoms with E-state index in [0.717, 1.165) is 32.8 Å². The average Bonchev–Trinajstić information content (AvgIpc) is 2.72. The van der Waals surface area contributed by atoms with Crippen molar-refractivity contribution in [1.29, 1.82) is 0 Å². The number of nitrogens with one attached hydrogen (secondary N) is 2. The smallest absolute Gasteiger partial charge is 0.250 e. The van der Waals surface area contributed by atoms with E-state index < -0.39 is 0 Å². The molecule has 136 valence electrons. The van der Waals surface area contributed by atoms with E-state index in [-0.39, 0.29) is 11.0 Å². The van der Waals surface area contributed by atoms with Crippen LogP contribution in [0.2, 0.25) is 0 Å². The lowest BCUT2D eigenvalue weighted by atomic mass is 10.0. The van der Waals surface area contributed by atoms with Crippen molar-refractivity contribution in [1.82, 2.24) is 5.32 Å². The Morgan fingerprint density at radius 3 is 2.14 bits per heavy atom. The minimum Gasteiger partial charge on any atom is -0.332 e. The lowest BCUT2D eigenvalue weighted by Gasteiger charge is -2.11. The Labute approximate surface area is 168 Å². The highest BCUT2D eigenvalue weighted by Crippen LogP contribution is 2.23. The van der Waals surface area contributed by atoms with Crippen LogP contribution in [0.3, 0.4) is 0 Å². The number of thiocarbonyl (C=S) groups is 1. The van der Waals surface area contributed by atoms with E-state index in [4.69, 9.17) is 12.2 Å². The second-order valence-electron chi connectivity index (χ2n) is 6.37. The summed E-state index contributed by atoms with van der Waals surface area (Å²) in [5, 5.41) is 10.5. The molecule has 0 spiro atoms. The van der Waals surface area contributed by atoms with Crippen LogP contribution in [0, 0.1) is 0 Å². The van der Waals surface area contributed by atoms with Gasteiger partial charge in [-0.05, 0) is 46.1 Å². The average molecular weight is 382 g/mol. The zero-order chi connectivity index (χ0) is 19.3. The predicted molar refractivity (Wildman–Crippen MR) is 121 cm³/mol. The summed E-state index contributed by atoms with van der Waals surface area (Å²) in [6.07, 6.45) is 3.30. The van der Waals surface area contributed by atoms with Gasteiger partial charge in [0.05, 0.1) is 0 Å². The number of hydrogen-bond acceptors (Lipinski definition) is 2. The molecule has 0 saturated heterocycles. The Morgan fingerprint density at radius 2 is 1.36 bits per heavy atom. The maximum absolute atomic E-state index is 12.3. The molecule has 4 aromatic rings. The topological polar surface area (TPSA) is 41.1 Å². The number of fused-ring (bicyclic) bond motifs is 2. The van der Waals surface area contributed by atoms with E-state index in [9.17, 15) is 4.79 Å². The van der Waals surface area contributed by atoms with Crippen molar-refractivity contribution < 1.29 is 4.79 Å². The summed E-state index contributed by atoms with van der Waals surface area (Å²) in [6, 6.07) is 28.0. The Balaban J connectivity index is 1.46. The molecule has 2 N–H and O–H groups in total. The van der Waals surface area contributed by atoms with E-state index in [2.05, 4.69) is 22.8 Å². The van der Waals surface area contributed by atoms with Crippen molar-refractivity contribution in [3.05, 3.63) is 96.6 Å². The molecule has 0 aromatic heterocycles. The maximum atomic E-state index is 12.3. The van der Waals surface area contributed by atoms with Gasteiger partial charge >= 0.3 is 0 Å². The van der Waals surface area contributed by atoms with Crippen LogP contribution in [-0.4, -0.2) is 11.0 Å². The van der Waals surface area contributed by atoms with Crippen LogP contribution < -0.4 is 10.6 Å². The van der Waals surface area contributed by atoms with Crippen LogP contribution in [0.5, 0.6) is 0 Å². The minimum absolute atomic E-state index is 0.268. The highest BCUT2D eigenvalue weighted by atomic mass is 32.1. The summed E-state index contributed by atoms with van der Waals surface area (Å²) in [5.74, 6) is -0.273. The van der Waals surface area contributed by atoms with E-state index in [1.54, 1.807) is 6.08 Å². The van der Waals surface area contributed by atoms with Crippen molar-refractivity contribution in [3.8, 4) is 0 Å². The fraction of sp³-hybridized carbons (Fsp3) is 0. The van der Waals surface area contributed by atoms with Crippen molar-refractivity contribution in [2.24, 2.45) is 0 Å². The number of carbonyl (C=O) groups is 1. The first-order valence-electron chi connectivity index (χ1n) is 8.96. The molecular weight excluding hydrogens is 364 g/mol. The van der Waals surface area contributed by atoms with Gasteiger partial charge in [0.15, 0.2) is 5.11 Å². The number of hydrogen-bond donors (Lipinski definition) is 2. The Bertz CT molecular complexity index is 1200. The van der Waals surface area contributed by atoms with Gasteiger partial charge in [-0.25, -0.2) is 0 Å². The summed E-state index contributed by atoms with van der Waals surface area (Å²) < 4.78 is 0. The highest BCUT2D eigenvalue weighted by Gasteiger charge is 2.05. The van der Waals surface area contributed by atoms with E-state index in [1.165, 1.54) is 6.08 Å². The zero-order valence-corrected chi connectivity index (χ0v) is 15.9. The number of amides is 1. The SMILES string of the molecule is O=C(/C=C/c1cccc2ccccc12)NC(=S)Nc1cccc2ccccc12. The summed E-state index contributed by atoms with van der Waals surface area (Å²) in [4.78, 5) is 12.3.